The maximum absolute atomic E-state index is 14.3. The molecular weight excluding hydrogens is 623 g/mol. The van der Waals surface area contributed by atoms with Gasteiger partial charge in [0.1, 0.15) is 11.6 Å². The van der Waals surface area contributed by atoms with Gasteiger partial charge in [-0.1, -0.05) is 18.5 Å². The quantitative estimate of drug-likeness (QED) is 0.303. The van der Waals surface area contributed by atoms with Crippen LogP contribution in [0.4, 0.5) is 38.3 Å². The molecule has 2 N–H and O–H groups in total. The maximum atomic E-state index is 14.3. The molecule has 1 fully saturated rings. The van der Waals surface area contributed by atoms with E-state index in [9.17, 15) is 36.3 Å². The first-order valence-corrected chi connectivity index (χ1v) is 14.6. The fourth-order valence-corrected chi connectivity index (χ4v) is 5.99. The van der Waals surface area contributed by atoms with Gasteiger partial charge in [0.2, 0.25) is 5.82 Å². The second kappa shape index (κ2) is 12.8. The van der Waals surface area contributed by atoms with Crippen molar-refractivity contribution in [2.45, 2.75) is 45.1 Å². The van der Waals surface area contributed by atoms with Crippen LogP contribution in [0.1, 0.15) is 53.6 Å². The first-order chi connectivity index (χ1) is 21.2. The predicted molar refractivity (Wildman–Crippen MR) is 157 cm³/mol. The van der Waals surface area contributed by atoms with E-state index in [0.29, 0.717) is 5.56 Å². The Bertz CT molecular complexity index is 1670. The Morgan fingerprint density at radius 3 is 2.51 bits per heavy atom. The highest BCUT2D eigenvalue weighted by Crippen LogP contribution is 2.37. The summed E-state index contributed by atoms with van der Waals surface area (Å²) in [4.78, 5) is 46.4. The van der Waals surface area contributed by atoms with E-state index in [1.54, 1.807) is 6.92 Å². The number of amides is 3. The summed E-state index contributed by atoms with van der Waals surface area (Å²) in [6.07, 6.45) is -0.0164. The molecule has 2 aliphatic rings. The number of carbonyl (C=O) groups excluding carboxylic acids is 3. The minimum absolute atomic E-state index is 0.00314. The Kier molecular flexibility index (Phi) is 9.17. The van der Waals surface area contributed by atoms with Crippen LogP contribution in [0.15, 0.2) is 30.3 Å². The summed E-state index contributed by atoms with van der Waals surface area (Å²) in [5.74, 6) is -7.92. The number of benzene rings is 2. The van der Waals surface area contributed by atoms with Gasteiger partial charge in [-0.3, -0.25) is 24.7 Å². The second-order valence-electron chi connectivity index (χ2n) is 11.2. The maximum Gasteiger partial charge on any atom is 0.327 e. The number of likely N-dealkylation sites (tertiary alicyclic amines) is 1. The van der Waals surface area contributed by atoms with Crippen LogP contribution in [0, 0.1) is 17.5 Å². The van der Waals surface area contributed by atoms with Crippen molar-refractivity contribution in [2.75, 3.05) is 42.9 Å². The smallest absolute Gasteiger partial charge is 0.327 e. The number of halogens is 6. The number of hydrogen-bond donors (Lipinski definition) is 2. The molecule has 9 nitrogen and oxygen atoms in total. The summed E-state index contributed by atoms with van der Waals surface area (Å²) < 4.78 is 70.7. The van der Waals surface area contributed by atoms with Gasteiger partial charge in [0, 0.05) is 49.6 Å². The molecule has 3 aromatic rings. The molecule has 0 radical (unpaired) electrons. The number of imidazole rings is 1. The summed E-state index contributed by atoms with van der Waals surface area (Å²) in [6.45, 7) is 2.54. The van der Waals surface area contributed by atoms with Crippen molar-refractivity contribution in [3.05, 3.63) is 75.5 Å². The third-order valence-corrected chi connectivity index (χ3v) is 8.22. The third kappa shape index (κ3) is 6.96. The predicted octanol–water partition coefficient (Wildman–Crippen LogP) is 5.36. The number of hydrogen-bond acceptors (Lipinski definition) is 5. The highest BCUT2D eigenvalue weighted by atomic mass is 35.5. The molecule has 240 valence electrons. The Balaban J connectivity index is 1.50. The number of fused-ring (bicyclic) bond motifs is 1. The molecule has 0 spiro atoms. The molecule has 0 saturated carbocycles. The lowest BCUT2D eigenvalue weighted by Crippen LogP contribution is -2.36. The fourth-order valence-electron chi connectivity index (χ4n) is 5.71. The van der Waals surface area contributed by atoms with E-state index in [4.69, 9.17) is 11.6 Å². The Labute approximate surface area is 260 Å². The number of aromatic nitrogens is 2. The minimum atomic E-state index is -2.80. The summed E-state index contributed by atoms with van der Waals surface area (Å²) >= 11 is 6.40. The van der Waals surface area contributed by atoms with E-state index in [2.05, 4.69) is 15.6 Å². The molecule has 3 heterocycles. The monoisotopic (exact) mass is 652 g/mol. The first-order valence-electron chi connectivity index (χ1n) is 14.2. The van der Waals surface area contributed by atoms with Gasteiger partial charge in [0.25, 0.3) is 11.8 Å². The van der Waals surface area contributed by atoms with Crippen molar-refractivity contribution in [1.29, 1.82) is 0 Å². The zero-order chi connectivity index (χ0) is 32.6. The number of nitrogens with one attached hydrogen (secondary N) is 2. The van der Waals surface area contributed by atoms with Gasteiger partial charge in [-0.25, -0.2) is 31.7 Å². The Morgan fingerprint density at radius 2 is 1.82 bits per heavy atom. The molecule has 1 saturated heterocycles. The Morgan fingerprint density at radius 1 is 1.09 bits per heavy atom. The fraction of sp³-hybridized carbons (Fsp3) is 0.400. The summed E-state index contributed by atoms with van der Waals surface area (Å²) in [5, 5.41) is 5.44. The third-order valence-electron chi connectivity index (χ3n) is 7.88. The molecule has 5 rings (SSSR count). The molecule has 2 aliphatic heterocycles. The lowest BCUT2D eigenvalue weighted by Gasteiger charge is -2.21. The van der Waals surface area contributed by atoms with E-state index >= 15 is 0 Å². The van der Waals surface area contributed by atoms with Gasteiger partial charge in [0.05, 0.1) is 24.5 Å². The van der Waals surface area contributed by atoms with Crippen LogP contribution in [0.2, 0.25) is 5.02 Å². The topological polar surface area (TPSA) is 99.6 Å². The molecule has 1 atom stereocenters. The zero-order valence-electron chi connectivity index (χ0n) is 24.4. The number of ketones is 1. The van der Waals surface area contributed by atoms with Crippen LogP contribution in [0.25, 0.3) is 0 Å². The summed E-state index contributed by atoms with van der Waals surface area (Å²) in [6, 6.07) is 4.85. The van der Waals surface area contributed by atoms with Crippen molar-refractivity contribution in [1.82, 2.24) is 19.8 Å². The van der Waals surface area contributed by atoms with Crippen molar-refractivity contribution in [3.8, 4) is 0 Å². The van der Waals surface area contributed by atoms with Crippen LogP contribution in [0.5, 0.6) is 0 Å². The van der Waals surface area contributed by atoms with Crippen molar-refractivity contribution in [3.63, 3.8) is 0 Å². The molecular formula is C30H30ClF5N6O3. The van der Waals surface area contributed by atoms with Gasteiger partial charge in [-0.05, 0) is 48.7 Å². The van der Waals surface area contributed by atoms with Gasteiger partial charge >= 0.3 is 6.03 Å². The number of alkyl halides is 2. The molecule has 1 aromatic heterocycles. The number of nitrogens with zero attached hydrogens (tertiary/aromatic N) is 4. The SMILES string of the molecule is CC(=O)Cn1c(C(=O)NCCN2CCC(F)(F)C2)nc(NC(=O)N2CCc3cc(F)c(F)cc32)c1[C@@H](C)c1cc(F)ccc1Cl. The normalized spacial score (nSPS) is 16.5. The average Bonchev–Trinajstić information content (AvgIpc) is 3.64. The van der Waals surface area contributed by atoms with Crippen molar-refractivity contribution < 1.29 is 36.3 Å². The summed E-state index contributed by atoms with van der Waals surface area (Å²) in [7, 11) is 0. The van der Waals surface area contributed by atoms with Gasteiger partial charge in [-0.15, -0.1) is 0 Å². The van der Waals surface area contributed by atoms with E-state index < -0.39 is 47.8 Å². The van der Waals surface area contributed by atoms with Crippen LogP contribution < -0.4 is 15.5 Å². The average molecular weight is 653 g/mol. The van der Waals surface area contributed by atoms with E-state index in [1.165, 1.54) is 33.4 Å². The molecule has 45 heavy (non-hydrogen) atoms. The molecule has 3 amide bonds. The first kappa shape index (κ1) is 32.4. The lowest BCUT2D eigenvalue weighted by molar-refractivity contribution is -0.117. The largest absolute Gasteiger partial charge is 0.348 e. The van der Waals surface area contributed by atoms with Gasteiger partial charge in [0.15, 0.2) is 17.5 Å². The van der Waals surface area contributed by atoms with Crippen LogP contribution in [-0.4, -0.2) is 70.8 Å². The Hall–Kier alpha value is -4.04. The lowest BCUT2D eigenvalue weighted by atomic mass is 9.97. The van der Waals surface area contributed by atoms with Crippen LogP contribution >= 0.6 is 11.6 Å². The summed E-state index contributed by atoms with van der Waals surface area (Å²) in [5.41, 5.74) is 1.01. The second-order valence-corrected chi connectivity index (χ2v) is 11.6. The highest BCUT2D eigenvalue weighted by Gasteiger charge is 2.38. The molecule has 0 bridgehead atoms. The minimum Gasteiger partial charge on any atom is -0.348 e. The van der Waals surface area contributed by atoms with Gasteiger partial charge in [-0.2, -0.15) is 0 Å². The number of Topliss-reactive ketones (excluding diaryl/α,β-unsaturated/α-hetero) is 1. The van der Waals surface area contributed by atoms with Crippen LogP contribution in [-0.2, 0) is 17.8 Å². The van der Waals surface area contributed by atoms with Crippen molar-refractivity contribution >= 4 is 40.8 Å². The highest BCUT2D eigenvalue weighted by molar-refractivity contribution is 6.31. The number of carbonyl (C=O) groups is 3. The van der Waals surface area contributed by atoms with E-state index in [1.807, 2.05) is 0 Å². The van der Waals surface area contributed by atoms with Crippen LogP contribution in [0.3, 0.4) is 0 Å². The number of anilines is 2. The van der Waals surface area contributed by atoms with Gasteiger partial charge < -0.3 is 9.88 Å². The molecule has 2 aromatic carbocycles. The molecule has 0 aliphatic carbocycles. The van der Waals surface area contributed by atoms with Crippen molar-refractivity contribution in [2.24, 2.45) is 0 Å². The standard InChI is InChI=1S/C30H30ClF5N6O3/c1-16(43)14-42-25(17(2)20-12-19(32)3-4-21(20)31)26(38-27(42)28(44)37-7-10-40-9-6-30(35,36)15-40)39-29(45)41-8-5-18-11-22(33)23(34)13-24(18)41/h3-4,11-13,17H,5-10,14-15H2,1-2H3,(H,37,44)(H,39,45)/t17-/m0/s1. The van der Waals surface area contributed by atoms with E-state index in [-0.39, 0.29) is 85.0 Å². The number of rotatable bonds is 9. The number of urea groups is 1. The zero-order valence-corrected chi connectivity index (χ0v) is 25.2. The van der Waals surface area contributed by atoms with E-state index in [0.717, 1.165) is 18.2 Å². The molecule has 15 heteroatoms. The molecule has 0 unspecified atom stereocenters.